The first kappa shape index (κ1) is 41.0. The molecule has 4 aliphatic heterocycles. The predicted octanol–water partition coefficient (Wildman–Crippen LogP) is 2.06. The number of nitrogens with zero attached hydrogens (tertiary/aromatic N) is 8. The molecule has 3 saturated heterocycles. The van der Waals surface area contributed by atoms with Crippen molar-refractivity contribution in [3.63, 3.8) is 0 Å². The van der Waals surface area contributed by atoms with Gasteiger partial charge < -0.3 is 35.1 Å². The maximum atomic E-state index is 13.4. The van der Waals surface area contributed by atoms with Crippen LogP contribution < -0.4 is 21.3 Å². The highest BCUT2D eigenvalue weighted by Crippen LogP contribution is 2.36. The van der Waals surface area contributed by atoms with Gasteiger partial charge in [-0.05, 0) is 76.1 Å². The molecular formula is C43H50N12O7. The Morgan fingerprint density at radius 2 is 1.68 bits per heavy atom. The van der Waals surface area contributed by atoms with Crippen LogP contribution in [0.3, 0.4) is 0 Å². The molecule has 5 aliphatic rings. The lowest BCUT2D eigenvalue weighted by atomic mass is 9.86. The van der Waals surface area contributed by atoms with E-state index in [-0.39, 0.29) is 66.6 Å². The summed E-state index contributed by atoms with van der Waals surface area (Å²) in [7, 11) is 0. The van der Waals surface area contributed by atoms with E-state index in [2.05, 4.69) is 50.7 Å². The van der Waals surface area contributed by atoms with Crippen molar-refractivity contribution >= 4 is 58.1 Å². The zero-order chi connectivity index (χ0) is 42.9. The Morgan fingerprint density at radius 1 is 0.887 bits per heavy atom. The summed E-state index contributed by atoms with van der Waals surface area (Å²) in [5.41, 5.74) is 3.40. The summed E-state index contributed by atoms with van der Waals surface area (Å²) in [6, 6.07) is 9.68. The smallest absolute Gasteiger partial charge is 0.270 e. The minimum Gasteiger partial charge on any atom is -0.377 e. The van der Waals surface area contributed by atoms with Crippen molar-refractivity contribution in [2.24, 2.45) is 0 Å². The fourth-order valence-corrected chi connectivity index (χ4v) is 9.15. The Balaban J connectivity index is 0.675. The molecule has 4 aromatic rings. The number of piperidine rings is 3. The quantitative estimate of drug-likeness (QED) is 0.141. The van der Waals surface area contributed by atoms with E-state index in [0.717, 1.165) is 85.7 Å². The van der Waals surface area contributed by atoms with Crippen LogP contribution in [0.1, 0.15) is 94.3 Å². The molecule has 0 radical (unpaired) electrons. The van der Waals surface area contributed by atoms with Gasteiger partial charge in [-0.15, -0.1) is 0 Å². The van der Waals surface area contributed by atoms with Crippen LogP contribution in [0.15, 0.2) is 49.1 Å². The molecule has 1 saturated carbocycles. The second kappa shape index (κ2) is 17.6. The van der Waals surface area contributed by atoms with Gasteiger partial charge in [-0.1, -0.05) is 12.1 Å². The van der Waals surface area contributed by atoms with Crippen molar-refractivity contribution < 1.29 is 33.5 Å². The predicted molar refractivity (Wildman–Crippen MR) is 224 cm³/mol. The van der Waals surface area contributed by atoms with Crippen molar-refractivity contribution in [3.05, 3.63) is 71.6 Å². The van der Waals surface area contributed by atoms with Gasteiger partial charge >= 0.3 is 0 Å². The summed E-state index contributed by atoms with van der Waals surface area (Å²) < 4.78 is 8.35. The van der Waals surface area contributed by atoms with E-state index in [1.54, 1.807) is 29.4 Å². The van der Waals surface area contributed by atoms with Crippen LogP contribution in [-0.2, 0) is 19.1 Å². The summed E-state index contributed by atoms with van der Waals surface area (Å²) in [6.45, 7) is 6.20. The number of imidazole rings is 1. The third kappa shape index (κ3) is 8.46. The second-order valence-corrected chi connectivity index (χ2v) is 16.7. The van der Waals surface area contributed by atoms with E-state index in [9.17, 15) is 28.8 Å². The molecule has 19 nitrogen and oxygen atoms in total. The average Bonchev–Trinajstić information content (AvgIpc) is 3.80. The highest BCUT2D eigenvalue weighted by Gasteiger charge is 2.45. The Bertz CT molecular complexity index is 2400. The van der Waals surface area contributed by atoms with Crippen LogP contribution in [0, 0.1) is 6.92 Å². The molecule has 4 fully saturated rings. The number of aromatic nitrogens is 5. The van der Waals surface area contributed by atoms with Crippen LogP contribution >= 0.6 is 0 Å². The number of pyridine rings is 1. The summed E-state index contributed by atoms with van der Waals surface area (Å²) in [4.78, 5) is 99.8. The number of hydrogen-bond donors (Lipinski definition) is 4. The molecule has 0 bridgehead atoms. The summed E-state index contributed by atoms with van der Waals surface area (Å²) >= 11 is 0. The van der Waals surface area contributed by atoms with Gasteiger partial charge in [0.15, 0.2) is 11.5 Å². The molecular weight excluding hydrogens is 797 g/mol. The van der Waals surface area contributed by atoms with Crippen molar-refractivity contribution in [1.29, 1.82) is 0 Å². The third-order valence-electron chi connectivity index (χ3n) is 12.7. The van der Waals surface area contributed by atoms with Crippen LogP contribution in [0.2, 0.25) is 0 Å². The zero-order valence-corrected chi connectivity index (χ0v) is 34.5. The number of amides is 6. The molecule has 4 N–H and O–H groups in total. The lowest BCUT2D eigenvalue weighted by molar-refractivity contribution is -0.136. The first-order valence-electron chi connectivity index (χ1n) is 21.5. The second-order valence-electron chi connectivity index (χ2n) is 16.7. The SMILES string of the molecule is Cc1cccc(C(=O)NC2CC(n3cnc4c(NC5CCN(CCOC6CCN(C(=O)CNc7cccc8c7C(=O)N([C@H]7CCC(=O)NC7=O)C8=O)CC6)CC5)ncnc43)C2)n1. The number of ether oxygens (including phenoxy) is 1. The molecule has 19 heteroatoms. The number of likely N-dealkylation sites (tertiary alicyclic amines) is 2. The van der Waals surface area contributed by atoms with Crippen LogP contribution in [-0.4, -0.2) is 145 Å². The molecule has 3 aromatic heterocycles. The standard InChI is InChI=1S/C43H50N12O7/c1-25-4-2-7-32(48-25)40(58)50-27-20-28(21-27)54-24-47-37-38(45-23-46-39(37)54)49-26-10-14-52(15-11-26)18-19-62-29-12-16-53(17-13-29)35(57)22-44-31-6-3-5-30-36(31)43(61)55(42(30)60)33-8-9-34(56)51-41(33)59/h2-7,23-24,26-29,33,44H,8-22H2,1H3,(H,50,58)(H,45,46,49)(H,51,56,59)/t27?,28?,33-/m0/s1. The highest BCUT2D eigenvalue weighted by molar-refractivity contribution is 6.25. The van der Waals surface area contributed by atoms with Gasteiger partial charge in [-0.25, -0.2) is 19.9 Å². The van der Waals surface area contributed by atoms with Crippen molar-refractivity contribution in [1.82, 2.24) is 49.8 Å². The number of imide groups is 2. The van der Waals surface area contributed by atoms with Crippen molar-refractivity contribution in [2.45, 2.75) is 88.6 Å². The maximum absolute atomic E-state index is 13.4. The molecule has 1 aliphatic carbocycles. The number of fused-ring (bicyclic) bond motifs is 2. The Labute approximate surface area is 357 Å². The van der Waals surface area contributed by atoms with Gasteiger partial charge in [0, 0.05) is 68.7 Å². The van der Waals surface area contributed by atoms with Gasteiger partial charge in [-0.3, -0.25) is 39.0 Å². The van der Waals surface area contributed by atoms with E-state index in [0.29, 0.717) is 31.1 Å². The van der Waals surface area contributed by atoms with Crippen molar-refractivity contribution in [2.75, 3.05) is 56.5 Å². The number of nitrogens with one attached hydrogen (secondary N) is 4. The molecule has 6 amide bonds. The molecule has 9 rings (SSSR count). The van der Waals surface area contributed by atoms with E-state index in [4.69, 9.17) is 4.74 Å². The summed E-state index contributed by atoms with van der Waals surface area (Å²) in [6.07, 6.45) is 8.51. The lowest BCUT2D eigenvalue weighted by Crippen LogP contribution is -2.54. The molecule has 324 valence electrons. The molecule has 1 atom stereocenters. The largest absolute Gasteiger partial charge is 0.377 e. The summed E-state index contributed by atoms with van der Waals surface area (Å²) in [5.74, 6) is -1.87. The van der Waals surface area contributed by atoms with Gasteiger partial charge in [-0.2, -0.15) is 0 Å². The number of hydrogen-bond acceptors (Lipinski definition) is 14. The molecule has 0 spiro atoms. The Hall–Kier alpha value is -6.34. The van der Waals surface area contributed by atoms with E-state index < -0.39 is 29.7 Å². The van der Waals surface area contributed by atoms with Crippen LogP contribution in [0.25, 0.3) is 11.2 Å². The fourth-order valence-electron chi connectivity index (χ4n) is 9.15. The zero-order valence-electron chi connectivity index (χ0n) is 34.5. The number of aryl methyl sites for hydroxylation is 1. The lowest BCUT2D eigenvalue weighted by Gasteiger charge is -2.36. The number of carbonyl (C=O) groups excluding carboxylic acids is 6. The first-order valence-corrected chi connectivity index (χ1v) is 21.5. The molecule has 7 heterocycles. The van der Waals surface area contributed by atoms with Crippen LogP contribution in [0.4, 0.5) is 11.5 Å². The third-order valence-corrected chi connectivity index (χ3v) is 12.7. The monoisotopic (exact) mass is 846 g/mol. The molecule has 62 heavy (non-hydrogen) atoms. The topological polar surface area (TPSA) is 226 Å². The van der Waals surface area contributed by atoms with Crippen LogP contribution in [0.5, 0.6) is 0 Å². The number of anilines is 2. The maximum Gasteiger partial charge on any atom is 0.270 e. The van der Waals surface area contributed by atoms with E-state index in [1.165, 1.54) is 6.07 Å². The Morgan fingerprint density at radius 3 is 2.45 bits per heavy atom. The van der Waals surface area contributed by atoms with E-state index in [1.807, 2.05) is 25.4 Å². The minimum absolute atomic E-state index is 0.0374. The van der Waals surface area contributed by atoms with Gasteiger partial charge in [0.25, 0.3) is 17.7 Å². The van der Waals surface area contributed by atoms with Gasteiger partial charge in [0.05, 0.1) is 36.7 Å². The Kier molecular flexibility index (Phi) is 11.6. The minimum atomic E-state index is -1.06. The normalized spacial score (nSPS) is 22.4. The van der Waals surface area contributed by atoms with Crippen molar-refractivity contribution in [3.8, 4) is 0 Å². The number of carbonyl (C=O) groups is 6. The average molecular weight is 847 g/mol. The van der Waals surface area contributed by atoms with Gasteiger partial charge in [0.1, 0.15) is 23.6 Å². The first-order chi connectivity index (χ1) is 30.1. The fraction of sp³-hybridized carbons (Fsp3) is 0.488. The highest BCUT2D eigenvalue weighted by atomic mass is 16.5. The van der Waals surface area contributed by atoms with E-state index >= 15 is 0 Å². The number of benzene rings is 1. The molecule has 1 aromatic carbocycles. The molecule has 0 unspecified atom stereocenters. The summed E-state index contributed by atoms with van der Waals surface area (Å²) in [5, 5.41) is 12.0. The number of rotatable bonds is 13. The van der Waals surface area contributed by atoms with Gasteiger partial charge in [0.2, 0.25) is 17.7 Å².